The summed E-state index contributed by atoms with van der Waals surface area (Å²) in [4.78, 5) is 9.12. The van der Waals surface area contributed by atoms with Gasteiger partial charge in [-0.05, 0) is 49.7 Å². The van der Waals surface area contributed by atoms with E-state index in [0.717, 1.165) is 43.5 Å². The topological polar surface area (TPSA) is 25.8 Å². The van der Waals surface area contributed by atoms with Gasteiger partial charge in [-0.1, -0.05) is 76.6 Å². The molecule has 2 aromatic rings. The van der Waals surface area contributed by atoms with Crippen LogP contribution in [0.5, 0.6) is 0 Å². The van der Waals surface area contributed by atoms with Gasteiger partial charge in [-0.15, -0.1) is 0 Å². The summed E-state index contributed by atoms with van der Waals surface area (Å²) in [6, 6.07) is 8.57. The van der Waals surface area contributed by atoms with Crippen molar-refractivity contribution in [3.63, 3.8) is 0 Å². The van der Waals surface area contributed by atoms with Crippen LogP contribution in [0, 0.1) is 0 Å². The smallest absolute Gasteiger partial charge is 0.159 e. The third-order valence-corrected chi connectivity index (χ3v) is 5.41. The van der Waals surface area contributed by atoms with Crippen LogP contribution >= 0.6 is 0 Å². The molecule has 3 heteroatoms. The van der Waals surface area contributed by atoms with Crippen molar-refractivity contribution in [3.8, 4) is 11.4 Å². The molecule has 0 saturated carbocycles. The van der Waals surface area contributed by atoms with E-state index >= 15 is 0 Å². The molecule has 0 aliphatic carbocycles. The molecule has 1 atom stereocenters. The molecule has 2 nitrogen and oxygen atoms in total. The van der Waals surface area contributed by atoms with E-state index in [-0.39, 0.29) is 0 Å². The van der Waals surface area contributed by atoms with E-state index < -0.39 is 6.17 Å². The molecular formula is C25H37FN2. The second-order valence-electron chi connectivity index (χ2n) is 7.88. The van der Waals surface area contributed by atoms with Crippen molar-refractivity contribution in [1.29, 1.82) is 0 Å². The largest absolute Gasteiger partial charge is 0.248 e. The normalized spacial score (nSPS) is 12.2. The van der Waals surface area contributed by atoms with Crippen LogP contribution < -0.4 is 0 Å². The average Bonchev–Trinajstić information content (AvgIpc) is 2.74. The highest BCUT2D eigenvalue weighted by Gasteiger charge is 2.04. The third-order valence-electron chi connectivity index (χ3n) is 5.41. The van der Waals surface area contributed by atoms with Crippen LogP contribution in [0.15, 0.2) is 36.7 Å². The molecule has 28 heavy (non-hydrogen) atoms. The van der Waals surface area contributed by atoms with Gasteiger partial charge in [0.25, 0.3) is 0 Å². The predicted octanol–water partition coefficient (Wildman–Crippen LogP) is 7.51. The molecule has 0 radical (unpaired) electrons. The van der Waals surface area contributed by atoms with Crippen molar-refractivity contribution in [2.45, 2.75) is 97.1 Å². The highest BCUT2D eigenvalue weighted by molar-refractivity contribution is 5.55. The summed E-state index contributed by atoms with van der Waals surface area (Å²) in [5.41, 5.74) is 3.64. The SMILES string of the molecule is CCCCCCCc1cnc(-c2ccc(CCCCCC(F)CC)cc2)nc1. The van der Waals surface area contributed by atoms with Gasteiger partial charge in [0.15, 0.2) is 5.82 Å². The highest BCUT2D eigenvalue weighted by atomic mass is 19.1. The van der Waals surface area contributed by atoms with Gasteiger partial charge < -0.3 is 0 Å². The van der Waals surface area contributed by atoms with Crippen molar-refractivity contribution in [3.05, 3.63) is 47.8 Å². The fraction of sp³-hybridized carbons (Fsp3) is 0.600. The minimum absolute atomic E-state index is 0.619. The van der Waals surface area contributed by atoms with Gasteiger partial charge in [0, 0.05) is 18.0 Å². The Bertz CT molecular complexity index is 637. The zero-order valence-electron chi connectivity index (χ0n) is 17.8. The molecule has 0 aliphatic heterocycles. The molecule has 1 aromatic carbocycles. The van der Waals surface area contributed by atoms with Crippen molar-refractivity contribution >= 4 is 0 Å². The van der Waals surface area contributed by atoms with E-state index in [1.807, 2.05) is 19.3 Å². The quantitative estimate of drug-likeness (QED) is 0.315. The molecule has 0 N–H and O–H groups in total. The number of aromatic nitrogens is 2. The summed E-state index contributed by atoms with van der Waals surface area (Å²) < 4.78 is 13.2. The van der Waals surface area contributed by atoms with Gasteiger partial charge in [0.2, 0.25) is 0 Å². The van der Waals surface area contributed by atoms with Gasteiger partial charge in [-0.2, -0.15) is 0 Å². The lowest BCUT2D eigenvalue weighted by atomic mass is 10.0. The fourth-order valence-electron chi connectivity index (χ4n) is 3.46. The Morgan fingerprint density at radius 1 is 0.750 bits per heavy atom. The van der Waals surface area contributed by atoms with Crippen molar-refractivity contribution in [2.24, 2.45) is 0 Å². The van der Waals surface area contributed by atoms with Crippen LogP contribution in [0.3, 0.4) is 0 Å². The van der Waals surface area contributed by atoms with Gasteiger partial charge in [0.05, 0.1) is 6.17 Å². The summed E-state index contributed by atoms with van der Waals surface area (Å²) in [6.07, 6.45) is 16.5. The lowest BCUT2D eigenvalue weighted by molar-refractivity contribution is 0.297. The van der Waals surface area contributed by atoms with Crippen LogP contribution in [0.25, 0.3) is 11.4 Å². The zero-order valence-corrected chi connectivity index (χ0v) is 17.8. The lowest BCUT2D eigenvalue weighted by Gasteiger charge is -2.06. The Hall–Kier alpha value is -1.77. The summed E-state index contributed by atoms with van der Waals surface area (Å²) >= 11 is 0. The van der Waals surface area contributed by atoms with E-state index in [4.69, 9.17) is 0 Å². The molecule has 2 rings (SSSR count). The Morgan fingerprint density at radius 3 is 2.00 bits per heavy atom. The first-order valence-electron chi connectivity index (χ1n) is 11.3. The van der Waals surface area contributed by atoms with E-state index in [0.29, 0.717) is 12.8 Å². The number of halogens is 1. The average molecular weight is 385 g/mol. The van der Waals surface area contributed by atoms with Gasteiger partial charge in [0.1, 0.15) is 0 Å². The summed E-state index contributed by atoms with van der Waals surface area (Å²) in [5.74, 6) is 0.801. The number of hydrogen-bond acceptors (Lipinski definition) is 2. The molecule has 0 spiro atoms. The van der Waals surface area contributed by atoms with Crippen LogP contribution in [0.4, 0.5) is 4.39 Å². The second kappa shape index (κ2) is 13.4. The van der Waals surface area contributed by atoms with Crippen LogP contribution in [-0.4, -0.2) is 16.1 Å². The number of alkyl halides is 1. The number of benzene rings is 1. The summed E-state index contributed by atoms with van der Waals surface area (Å²) in [6.45, 7) is 4.16. The van der Waals surface area contributed by atoms with E-state index in [2.05, 4.69) is 41.2 Å². The molecule has 0 fully saturated rings. The maximum Gasteiger partial charge on any atom is 0.159 e. The minimum Gasteiger partial charge on any atom is -0.248 e. The Balaban J connectivity index is 1.73. The summed E-state index contributed by atoms with van der Waals surface area (Å²) in [7, 11) is 0. The Kier molecular flexibility index (Phi) is 10.8. The fourth-order valence-corrected chi connectivity index (χ4v) is 3.46. The van der Waals surface area contributed by atoms with E-state index in [9.17, 15) is 4.39 Å². The molecule has 154 valence electrons. The van der Waals surface area contributed by atoms with Crippen LogP contribution in [-0.2, 0) is 12.8 Å². The maximum absolute atomic E-state index is 13.2. The first-order chi connectivity index (χ1) is 13.7. The monoisotopic (exact) mass is 384 g/mol. The van der Waals surface area contributed by atoms with Gasteiger partial charge >= 0.3 is 0 Å². The molecule has 1 heterocycles. The predicted molar refractivity (Wildman–Crippen MR) is 117 cm³/mol. The van der Waals surface area contributed by atoms with Crippen molar-refractivity contribution in [2.75, 3.05) is 0 Å². The Labute approximate surface area is 171 Å². The molecule has 0 saturated heterocycles. The van der Waals surface area contributed by atoms with Gasteiger partial charge in [-0.3, -0.25) is 0 Å². The first kappa shape index (κ1) is 22.5. The van der Waals surface area contributed by atoms with E-state index in [1.54, 1.807) is 0 Å². The highest BCUT2D eigenvalue weighted by Crippen LogP contribution is 2.18. The second-order valence-corrected chi connectivity index (χ2v) is 7.88. The van der Waals surface area contributed by atoms with Crippen molar-refractivity contribution in [1.82, 2.24) is 9.97 Å². The van der Waals surface area contributed by atoms with Gasteiger partial charge in [-0.25, -0.2) is 14.4 Å². The number of unbranched alkanes of at least 4 members (excludes halogenated alkanes) is 6. The minimum atomic E-state index is -0.619. The van der Waals surface area contributed by atoms with Crippen molar-refractivity contribution < 1.29 is 4.39 Å². The number of rotatable bonds is 14. The maximum atomic E-state index is 13.2. The molecule has 0 amide bonds. The summed E-state index contributed by atoms with van der Waals surface area (Å²) in [5, 5.41) is 0. The molecule has 1 unspecified atom stereocenters. The van der Waals surface area contributed by atoms with Crippen LogP contribution in [0.1, 0.15) is 89.2 Å². The number of nitrogens with zero attached hydrogens (tertiary/aromatic N) is 2. The Morgan fingerprint density at radius 2 is 1.36 bits per heavy atom. The van der Waals surface area contributed by atoms with E-state index in [1.165, 1.54) is 43.2 Å². The molecule has 0 bridgehead atoms. The lowest BCUT2D eigenvalue weighted by Crippen LogP contribution is -1.97. The third kappa shape index (κ3) is 8.50. The zero-order chi connectivity index (χ0) is 20.0. The molecule has 0 aliphatic rings. The number of hydrogen-bond donors (Lipinski definition) is 0. The molecular weight excluding hydrogens is 347 g/mol. The standard InChI is InChI=1S/C25H37FN2/c1-3-5-6-7-9-13-22-19-27-25(28-20-22)23-17-15-21(16-18-23)12-10-8-11-14-24(26)4-2/h15-20,24H,3-14H2,1-2H3. The first-order valence-corrected chi connectivity index (χ1v) is 11.3. The number of aryl methyl sites for hydroxylation is 2. The molecule has 1 aromatic heterocycles. The van der Waals surface area contributed by atoms with Crippen LogP contribution in [0.2, 0.25) is 0 Å².